The SMILES string of the molecule is OCC(F)(F)c1c(Cl)cncc1Cl. The van der Waals surface area contributed by atoms with Crippen molar-refractivity contribution in [1.29, 1.82) is 0 Å². The summed E-state index contributed by atoms with van der Waals surface area (Å²) in [6.07, 6.45) is 2.10. The van der Waals surface area contributed by atoms with Crippen molar-refractivity contribution < 1.29 is 13.9 Å². The van der Waals surface area contributed by atoms with E-state index in [-0.39, 0.29) is 10.0 Å². The van der Waals surface area contributed by atoms with E-state index in [9.17, 15) is 8.78 Å². The quantitative estimate of drug-likeness (QED) is 0.843. The molecule has 0 spiro atoms. The molecule has 0 atom stereocenters. The summed E-state index contributed by atoms with van der Waals surface area (Å²) in [4.78, 5) is 3.51. The van der Waals surface area contributed by atoms with Crippen LogP contribution < -0.4 is 0 Å². The molecule has 1 aromatic heterocycles. The van der Waals surface area contributed by atoms with Gasteiger partial charge >= 0.3 is 0 Å². The van der Waals surface area contributed by atoms with Crippen molar-refractivity contribution in [1.82, 2.24) is 4.98 Å². The molecule has 0 bridgehead atoms. The van der Waals surface area contributed by atoms with E-state index in [4.69, 9.17) is 28.3 Å². The Morgan fingerprint density at radius 1 is 1.31 bits per heavy atom. The molecule has 72 valence electrons. The molecule has 0 saturated heterocycles. The first-order valence-corrected chi connectivity index (χ1v) is 4.03. The summed E-state index contributed by atoms with van der Waals surface area (Å²) in [5.41, 5.74) is -0.590. The van der Waals surface area contributed by atoms with Gasteiger partial charge in [-0.3, -0.25) is 4.98 Å². The van der Waals surface area contributed by atoms with Gasteiger partial charge in [0.15, 0.2) is 0 Å². The van der Waals surface area contributed by atoms with E-state index in [1.807, 2.05) is 0 Å². The van der Waals surface area contributed by atoms with Crippen LogP contribution in [0.15, 0.2) is 12.4 Å². The fourth-order valence-electron chi connectivity index (χ4n) is 0.840. The van der Waals surface area contributed by atoms with Gasteiger partial charge in [0.1, 0.15) is 6.61 Å². The van der Waals surface area contributed by atoms with Crippen molar-refractivity contribution in [3.63, 3.8) is 0 Å². The molecule has 0 aliphatic carbocycles. The first kappa shape index (κ1) is 10.6. The van der Waals surface area contributed by atoms with E-state index in [2.05, 4.69) is 4.98 Å². The highest BCUT2D eigenvalue weighted by Crippen LogP contribution is 2.37. The average Bonchev–Trinajstić information content (AvgIpc) is 2.03. The van der Waals surface area contributed by atoms with E-state index >= 15 is 0 Å². The monoisotopic (exact) mass is 227 g/mol. The third-order valence-electron chi connectivity index (χ3n) is 1.42. The minimum atomic E-state index is -3.43. The fraction of sp³-hybridized carbons (Fsp3) is 0.286. The minimum Gasteiger partial charge on any atom is -0.390 e. The standard InChI is InChI=1S/C7H5Cl2F2NO/c8-4-1-12-2-5(9)6(4)7(10,11)3-13/h1-2,13H,3H2. The lowest BCUT2D eigenvalue weighted by Crippen LogP contribution is -2.19. The number of aliphatic hydroxyl groups excluding tert-OH is 1. The van der Waals surface area contributed by atoms with Crippen molar-refractivity contribution >= 4 is 23.2 Å². The van der Waals surface area contributed by atoms with Gasteiger partial charge < -0.3 is 5.11 Å². The molecule has 0 aliphatic heterocycles. The molecule has 0 aromatic carbocycles. The van der Waals surface area contributed by atoms with Gasteiger partial charge in [0.05, 0.1) is 15.6 Å². The number of hydrogen-bond donors (Lipinski definition) is 1. The van der Waals surface area contributed by atoms with Crippen LogP contribution in [0, 0.1) is 0 Å². The Morgan fingerprint density at radius 2 is 1.77 bits per heavy atom. The molecule has 1 aromatic rings. The highest BCUT2D eigenvalue weighted by atomic mass is 35.5. The van der Waals surface area contributed by atoms with Crippen molar-refractivity contribution in [3.8, 4) is 0 Å². The van der Waals surface area contributed by atoms with E-state index < -0.39 is 18.1 Å². The van der Waals surface area contributed by atoms with Crippen LogP contribution in [0.4, 0.5) is 8.78 Å². The smallest absolute Gasteiger partial charge is 0.298 e. The van der Waals surface area contributed by atoms with E-state index in [1.54, 1.807) is 0 Å². The first-order valence-electron chi connectivity index (χ1n) is 3.27. The number of pyridine rings is 1. The Hall–Kier alpha value is -0.450. The topological polar surface area (TPSA) is 33.1 Å². The molecule has 0 saturated carbocycles. The summed E-state index contributed by atoms with van der Waals surface area (Å²) in [5.74, 6) is -3.43. The summed E-state index contributed by atoms with van der Waals surface area (Å²) in [6, 6.07) is 0. The van der Waals surface area contributed by atoms with Gasteiger partial charge in [-0.25, -0.2) is 0 Å². The molecule has 0 fully saturated rings. The van der Waals surface area contributed by atoms with Crippen LogP contribution in [0.5, 0.6) is 0 Å². The van der Waals surface area contributed by atoms with Crippen LogP contribution in [0.1, 0.15) is 5.56 Å². The summed E-state index contributed by atoms with van der Waals surface area (Å²) >= 11 is 10.9. The van der Waals surface area contributed by atoms with Crippen LogP contribution in [0.3, 0.4) is 0 Å². The first-order chi connectivity index (χ1) is 5.99. The second kappa shape index (κ2) is 3.74. The maximum Gasteiger partial charge on any atom is 0.298 e. The Morgan fingerprint density at radius 3 is 2.15 bits per heavy atom. The van der Waals surface area contributed by atoms with Crippen molar-refractivity contribution in [3.05, 3.63) is 28.0 Å². The normalized spacial score (nSPS) is 11.8. The van der Waals surface area contributed by atoms with E-state index in [1.165, 1.54) is 0 Å². The highest BCUT2D eigenvalue weighted by Gasteiger charge is 2.35. The van der Waals surface area contributed by atoms with Gasteiger partial charge in [0, 0.05) is 12.4 Å². The second-order valence-electron chi connectivity index (χ2n) is 2.34. The van der Waals surface area contributed by atoms with Gasteiger partial charge in [0.2, 0.25) is 0 Å². The number of alkyl halides is 2. The third kappa shape index (κ3) is 2.07. The molecule has 0 aliphatic rings. The molecule has 6 heteroatoms. The minimum absolute atomic E-state index is 0.258. The van der Waals surface area contributed by atoms with Gasteiger partial charge in [-0.2, -0.15) is 8.78 Å². The largest absolute Gasteiger partial charge is 0.390 e. The lowest BCUT2D eigenvalue weighted by Gasteiger charge is -2.15. The molecule has 0 radical (unpaired) electrons. The van der Waals surface area contributed by atoms with Gasteiger partial charge in [-0.05, 0) is 0 Å². The van der Waals surface area contributed by atoms with E-state index in [0.29, 0.717) is 0 Å². The van der Waals surface area contributed by atoms with Crippen LogP contribution in [0.25, 0.3) is 0 Å². The Labute approximate surface area is 83.1 Å². The summed E-state index contributed by atoms with van der Waals surface area (Å²) in [5, 5.41) is 7.89. The third-order valence-corrected chi connectivity index (χ3v) is 1.99. The Balaban J connectivity index is 3.28. The number of hydrogen-bond acceptors (Lipinski definition) is 2. The average molecular weight is 228 g/mol. The Kier molecular flexibility index (Phi) is 3.05. The zero-order chi connectivity index (χ0) is 10.1. The zero-order valence-electron chi connectivity index (χ0n) is 6.27. The van der Waals surface area contributed by atoms with E-state index in [0.717, 1.165) is 12.4 Å². The molecule has 0 amide bonds. The summed E-state index contributed by atoms with van der Waals surface area (Å²) in [6.45, 7) is -1.34. The molecular weight excluding hydrogens is 223 g/mol. The lowest BCUT2D eigenvalue weighted by atomic mass is 10.1. The molecule has 13 heavy (non-hydrogen) atoms. The number of rotatable bonds is 2. The highest BCUT2D eigenvalue weighted by molar-refractivity contribution is 6.35. The van der Waals surface area contributed by atoms with Crippen LogP contribution in [0.2, 0.25) is 10.0 Å². The zero-order valence-corrected chi connectivity index (χ0v) is 7.78. The molecule has 1 heterocycles. The Bertz CT molecular complexity index is 299. The lowest BCUT2D eigenvalue weighted by molar-refractivity contribution is -0.0554. The van der Waals surface area contributed by atoms with Crippen LogP contribution in [-0.4, -0.2) is 16.7 Å². The number of aliphatic hydroxyl groups is 1. The number of nitrogens with zero attached hydrogens (tertiary/aromatic N) is 1. The van der Waals surface area contributed by atoms with Crippen LogP contribution in [-0.2, 0) is 5.92 Å². The van der Waals surface area contributed by atoms with Gasteiger partial charge in [-0.1, -0.05) is 23.2 Å². The van der Waals surface area contributed by atoms with Crippen molar-refractivity contribution in [2.75, 3.05) is 6.61 Å². The van der Waals surface area contributed by atoms with Crippen molar-refractivity contribution in [2.24, 2.45) is 0 Å². The van der Waals surface area contributed by atoms with Crippen molar-refractivity contribution in [2.45, 2.75) is 5.92 Å². The number of halogens is 4. The molecule has 1 N–H and O–H groups in total. The predicted octanol–water partition coefficient (Wildman–Crippen LogP) is 2.47. The second-order valence-corrected chi connectivity index (χ2v) is 3.16. The maximum absolute atomic E-state index is 13.0. The summed E-state index contributed by atoms with van der Waals surface area (Å²) < 4.78 is 25.9. The predicted molar refractivity (Wildman–Crippen MR) is 45.2 cm³/mol. The summed E-state index contributed by atoms with van der Waals surface area (Å²) in [7, 11) is 0. The van der Waals surface area contributed by atoms with Crippen LogP contribution >= 0.6 is 23.2 Å². The van der Waals surface area contributed by atoms with Gasteiger partial charge in [-0.15, -0.1) is 0 Å². The molecule has 0 unspecified atom stereocenters. The molecule has 1 rings (SSSR count). The molecule has 2 nitrogen and oxygen atoms in total. The molecular formula is C7H5Cl2F2NO. The number of aromatic nitrogens is 1. The fourth-order valence-corrected chi connectivity index (χ4v) is 1.48. The van der Waals surface area contributed by atoms with Gasteiger partial charge in [0.25, 0.3) is 5.92 Å². The maximum atomic E-state index is 13.0.